The van der Waals surface area contributed by atoms with Crippen molar-refractivity contribution in [2.24, 2.45) is 0 Å². The van der Waals surface area contributed by atoms with Crippen molar-refractivity contribution in [2.45, 2.75) is 25.2 Å². The lowest BCUT2D eigenvalue weighted by atomic mass is 9.87. The van der Waals surface area contributed by atoms with Gasteiger partial charge in [0, 0.05) is 32.6 Å². The maximum Gasteiger partial charge on any atom is 0.127 e. The third-order valence-corrected chi connectivity index (χ3v) is 4.05. The fraction of sp³-hybridized carbons (Fsp3) is 0.333. The average Bonchev–Trinajstić information content (AvgIpc) is 2.31. The molecule has 1 aliphatic rings. The number of hydrogen-bond donors (Lipinski definition) is 0. The third-order valence-electron chi connectivity index (χ3n) is 2.91. The minimum absolute atomic E-state index is 0.282. The molecule has 1 unspecified atom stereocenters. The van der Waals surface area contributed by atoms with Gasteiger partial charge in [0.1, 0.15) is 20.8 Å². The maximum atomic E-state index is 13.0. The molecule has 0 heterocycles. The lowest BCUT2D eigenvalue weighted by molar-refractivity contribution is 0.428. The van der Waals surface area contributed by atoms with Crippen molar-refractivity contribution < 1.29 is 8.57 Å². The molecule has 0 aliphatic heterocycles. The first-order chi connectivity index (χ1) is 8.20. The predicted molar refractivity (Wildman–Crippen MR) is 78.8 cm³/mol. The van der Waals surface area contributed by atoms with E-state index in [0.29, 0.717) is 10.9 Å². The van der Waals surface area contributed by atoms with Gasteiger partial charge in [-0.25, -0.2) is 4.39 Å². The molecule has 5 heteroatoms. The second kappa shape index (κ2) is 6.29. The molecule has 0 saturated carbocycles. The molecule has 1 aromatic carbocycles. The molecule has 0 spiro atoms. The van der Waals surface area contributed by atoms with E-state index < -0.39 is 0 Å². The Bertz CT molecular complexity index is 439. The summed E-state index contributed by atoms with van der Waals surface area (Å²) in [6.07, 6.45) is 4.90. The first-order valence-electron chi connectivity index (χ1n) is 5.30. The molecule has 1 aromatic rings. The number of hydrogen-bond acceptors (Lipinski definition) is 2. The molecule has 0 aromatic heterocycles. The van der Waals surface area contributed by atoms with Gasteiger partial charge in [-0.05, 0) is 42.5 Å². The largest absolute Gasteiger partial charge is 0.420 e. The Balaban J connectivity index is 2.10. The molecule has 92 valence electrons. The first kappa shape index (κ1) is 13.5. The molecule has 2 rings (SSSR count). The van der Waals surface area contributed by atoms with E-state index in [9.17, 15) is 4.39 Å². The van der Waals surface area contributed by atoms with Crippen LogP contribution in [-0.2, 0) is 4.18 Å². The fourth-order valence-electron chi connectivity index (χ4n) is 2.04. The minimum Gasteiger partial charge on any atom is -0.420 e. The van der Waals surface area contributed by atoms with E-state index in [1.165, 1.54) is 21.3 Å². The summed E-state index contributed by atoms with van der Waals surface area (Å²) in [6.45, 7) is 0. The van der Waals surface area contributed by atoms with Crippen molar-refractivity contribution in [3.05, 3.63) is 46.4 Å². The van der Waals surface area contributed by atoms with Crippen LogP contribution in [0.5, 0.6) is 0 Å². The molecule has 0 bridgehead atoms. The molecule has 0 N–H and O–H groups in total. The highest BCUT2D eigenvalue weighted by molar-refractivity contribution is 14.2. The van der Waals surface area contributed by atoms with Gasteiger partial charge in [0.2, 0.25) is 0 Å². The van der Waals surface area contributed by atoms with Crippen LogP contribution in [0.25, 0.3) is 0 Å². The van der Waals surface area contributed by atoms with Gasteiger partial charge in [-0.1, -0.05) is 17.7 Å². The fourth-order valence-corrected chi connectivity index (χ4v) is 3.29. The van der Waals surface area contributed by atoms with E-state index in [-0.39, 0.29) is 5.82 Å². The molecule has 0 saturated heterocycles. The number of halogens is 3. The summed E-state index contributed by atoms with van der Waals surface area (Å²) < 4.78 is 18.3. The summed E-state index contributed by atoms with van der Waals surface area (Å²) in [5.41, 5.74) is 1.03. The van der Waals surface area contributed by atoms with E-state index in [4.69, 9.17) is 15.8 Å². The van der Waals surface area contributed by atoms with E-state index in [2.05, 4.69) is 27.3 Å². The summed E-state index contributed by atoms with van der Waals surface area (Å²) in [5.74, 6) is 1.11. The summed E-state index contributed by atoms with van der Waals surface area (Å²) in [4.78, 5) is 0. The Morgan fingerprint density at radius 2 is 2.29 bits per heavy atom. The van der Waals surface area contributed by atoms with Crippen molar-refractivity contribution in [1.29, 1.82) is 0 Å². The third kappa shape index (κ3) is 3.51. The van der Waals surface area contributed by atoms with E-state index in [1.807, 2.05) is 0 Å². The van der Waals surface area contributed by atoms with Gasteiger partial charge in [-0.2, -0.15) is 0 Å². The SMILES string of the molecule is Fc1ccc(C2CC=C(OSI)CC2)c(Cl)c1. The van der Waals surface area contributed by atoms with Gasteiger partial charge in [0.05, 0.1) is 0 Å². The minimum atomic E-state index is -0.282. The maximum absolute atomic E-state index is 13.0. The lowest BCUT2D eigenvalue weighted by Gasteiger charge is -2.22. The smallest absolute Gasteiger partial charge is 0.127 e. The van der Waals surface area contributed by atoms with Crippen molar-refractivity contribution >= 4 is 42.0 Å². The van der Waals surface area contributed by atoms with Gasteiger partial charge in [0.25, 0.3) is 0 Å². The van der Waals surface area contributed by atoms with Gasteiger partial charge < -0.3 is 4.18 Å². The summed E-state index contributed by atoms with van der Waals surface area (Å²) in [7, 11) is 1.34. The molecule has 1 atom stereocenters. The van der Waals surface area contributed by atoms with Crippen LogP contribution < -0.4 is 0 Å². The highest BCUT2D eigenvalue weighted by atomic mass is 127. The Labute approximate surface area is 122 Å². The van der Waals surface area contributed by atoms with Crippen molar-refractivity contribution in [3.63, 3.8) is 0 Å². The monoisotopic (exact) mass is 384 g/mol. The number of allylic oxidation sites excluding steroid dienone is 2. The van der Waals surface area contributed by atoms with Gasteiger partial charge in [-0.3, -0.25) is 0 Å². The summed E-state index contributed by atoms with van der Waals surface area (Å²) in [6, 6.07) is 4.64. The zero-order valence-electron chi connectivity index (χ0n) is 8.96. The normalized spacial score (nSPS) is 19.9. The van der Waals surface area contributed by atoms with Crippen LogP contribution in [0.2, 0.25) is 5.02 Å². The number of benzene rings is 1. The molecule has 1 aliphatic carbocycles. The molecule has 0 amide bonds. The van der Waals surface area contributed by atoms with Gasteiger partial charge in [-0.15, -0.1) is 0 Å². The topological polar surface area (TPSA) is 9.23 Å². The quantitative estimate of drug-likeness (QED) is 0.492. The lowest BCUT2D eigenvalue weighted by Crippen LogP contribution is -2.05. The highest BCUT2D eigenvalue weighted by Gasteiger charge is 2.19. The van der Waals surface area contributed by atoms with Crippen LogP contribution >= 0.6 is 42.0 Å². The first-order valence-corrected chi connectivity index (χ1v) is 8.96. The van der Waals surface area contributed by atoms with E-state index in [1.54, 1.807) is 6.07 Å². The highest BCUT2D eigenvalue weighted by Crippen LogP contribution is 2.37. The Morgan fingerprint density at radius 3 is 2.88 bits per heavy atom. The van der Waals surface area contributed by atoms with Gasteiger partial charge in [0.15, 0.2) is 0 Å². The Hall–Kier alpha value is 0.0600. The van der Waals surface area contributed by atoms with Crippen LogP contribution in [0.4, 0.5) is 4.39 Å². The van der Waals surface area contributed by atoms with E-state index >= 15 is 0 Å². The molecule has 17 heavy (non-hydrogen) atoms. The van der Waals surface area contributed by atoms with Crippen LogP contribution in [0, 0.1) is 5.82 Å². The molecular weight excluding hydrogens is 374 g/mol. The Kier molecular flexibility index (Phi) is 4.99. The van der Waals surface area contributed by atoms with E-state index in [0.717, 1.165) is 30.6 Å². The Morgan fingerprint density at radius 1 is 1.47 bits per heavy atom. The standard InChI is InChI=1S/C12H11ClFIOS/c13-12-7-9(14)3-6-11(12)8-1-4-10(5-2-8)16-17-15/h3-4,6-8H,1-2,5H2. The van der Waals surface area contributed by atoms with Gasteiger partial charge >= 0.3 is 0 Å². The molecule has 1 nitrogen and oxygen atoms in total. The van der Waals surface area contributed by atoms with Crippen molar-refractivity contribution in [3.8, 4) is 0 Å². The van der Waals surface area contributed by atoms with Crippen molar-refractivity contribution in [2.75, 3.05) is 0 Å². The summed E-state index contributed by atoms with van der Waals surface area (Å²) in [5, 5.41) is 0.524. The predicted octanol–water partition coefficient (Wildman–Crippen LogP) is 5.65. The average molecular weight is 385 g/mol. The zero-order chi connectivity index (χ0) is 12.3. The van der Waals surface area contributed by atoms with Crippen LogP contribution in [0.15, 0.2) is 30.0 Å². The summed E-state index contributed by atoms with van der Waals surface area (Å²) >= 11 is 8.17. The molecule has 0 radical (unpaired) electrons. The number of rotatable bonds is 3. The van der Waals surface area contributed by atoms with Crippen LogP contribution in [0.3, 0.4) is 0 Å². The zero-order valence-corrected chi connectivity index (χ0v) is 12.7. The molecular formula is C12H11ClFIOS. The molecule has 0 fully saturated rings. The second-order valence-electron chi connectivity index (χ2n) is 3.95. The van der Waals surface area contributed by atoms with Crippen LogP contribution in [0.1, 0.15) is 30.7 Å². The second-order valence-corrected chi connectivity index (χ2v) is 5.73. The van der Waals surface area contributed by atoms with Crippen molar-refractivity contribution in [1.82, 2.24) is 0 Å². The van der Waals surface area contributed by atoms with Crippen LogP contribution in [-0.4, -0.2) is 0 Å².